The van der Waals surface area contributed by atoms with Gasteiger partial charge in [-0.1, -0.05) is 29.8 Å². The van der Waals surface area contributed by atoms with Crippen LogP contribution in [0, 0.1) is 17.8 Å². The predicted molar refractivity (Wildman–Crippen MR) is 149 cm³/mol. The Labute approximate surface area is 229 Å². The molecule has 10 heteroatoms. The van der Waals surface area contributed by atoms with Crippen molar-refractivity contribution in [3.8, 4) is 17.0 Å². The first-order valence-electron chi connectivity index (χ1n) is 12.9. The first kappa shape index (κ1) is 25.1. The third kappa shape index (κ3) is 4.73. The van der Waals surface area contributed by atoms with Gasteiger partial charge in [-0.3, -0.25) is 9.59 Å². The van der Waals surface area contributed by atoms with Gasteiger partial charge in [0.2, 0.25) is 5.91 Å². The Kier molecular flexibility index (Phi) is 6.74. The lowest BCUT2D eigenvalue weighted by Gasteiger charge is -2.28. The fourth-order valence-corrected chi connectivity index (χ4v) is 7.02. The molecule has 2 aliphatic rings. The second-order valence-corrected chi connectivity index (χ2v) is 11.6. The van der Waals surface area contributed by atoms with Crippen molar-refractivity contribution < 1.29 is 9.53 Å². The first-order chi connectivity index (χ1) is 18.4. The van der Waals surface area contributed by atoms with Gasteiger partial charge in [0.1, 0.15) is 5.75 Å². The van der Waals surface area contributed by atoms with Crippen molar-refractivity contribution in [2.24, 2.45) is 17.8 Å². The third-order valence-corrected chi connectivity index (χ3v) is 9.09. The van der Waals surface area contributed by atoms with E-state index in [0.29, 0.717) is 44.0 Å². The standard InChI is InChI=1S/C28H28ClN5O3S/c1-15(21-12-16-3-4-18(21)11-16)30-24(35)14-38-28-31-23-10-7-19(29)13-22(23)26-32-27(36)25(33-34(26)28)17-5-8-20(37-2)9-6-17/h5-10,13,15-16,18,21H,3-4,11-12,14H2,1-2H3,(H,30,35)/t15-,16-,18-,21-/m0/s1. The van der Waals surface area contributed by atoms with E-state index in [1.54, 1.807) is 49.6 Å². The van der Waals surface area contributed by atoms with Gasteiger partial charge in [0.05, 0.1) is 18.4 Å². The molecule has 1 amide bonds. The highest BCUT2D eigenvalue weighted by molar-refractivity contribution is 7.99. The fraction of sp³-hybridized carbons (Fsp3) is 0.393. The number of ether oxygens (including phenoxy) is 1. The van der Waals surface area contributed by atoms with Gasteiger partial charge in [-0.15, -0.1) is 0 Å². The molecule has 2 aromatic carbocycles. The Balaban J connectivity index is 1.32. The number of halogens is 1. The molecule has 2 bridgehead atoms. The van der Waals surface area contributed by atoms with Crippen LogP contribution in [0.3, 0.4) is 0 Å². The molecule has 4 aromatic rings. The molecule has 8 nitrogen and oxygen atoms in total. The SMILES string of the molecule is COc1ccc(-c2nn3c(SCC(=O)N[C@@H](C)[C@@H]4C[C@H]5CC[C@H]4C5)nc4ccc(Cl)cc4c3nc2=O)cc1. The predicted octanol–water partition coefficient (Wildman–Crippen LogP) is 5.00. The first-order valence-corrected chi connectivity index (χ1v) is 14.2. The molecule has 1 N–H and O–H groups in total. The zero-order valence-corrected chi connectivity index (χ0v) is 22.8. The molecule has 6 rings (SSSR count). The van der Waals surface area contributed by atoms with Crippen molar-refractivity contribution in [3.05, 3.63) is 57.8 Å². The van der Waals surface area contributed by atoms with E-state index in [-0.39, 0.29) is 23.4 Å². The van der Waals surface area contributed by atoms with Gasteiger partial charge >= 0.3 is 0 Å². The molecule has 0 radical (unpaired) electrons. The molecule has 2 heterocycles. The molecule has 0 unspecified atom stereocenters. The summed E-state index contributed by atoms with van der Waals surface area (Å²) in [6.45, 7) is 2.12. The van der Waals surface area contributed by atoms with Crippen LogP contribution in [0.25, 0.3) is 27.8 Å². The van der Waals surface area contributed by atoms with Crippen LogP contribution in [0.4, 0.5) is 0 Å². The number of rotatable bonds is 7. The lowest BCUT2D eigenvalue weighted by Crippen LogP contribution is -2.41. The van der Waals surface area contributed by atoms with Crippen LogP contribution < -0.4 is 15.6 Å². The molecular formula is C28H28ClN5O3S. The quantitative estimate of drug-likeness (QED) is 0.197. The maximum absolute atomic E-state index is 13.1. The molecule has 2 fully saturated rings. The number of methoxy groups -OCH3 is 1. The summed E-state index contributed by atoms with van der Waals surface area (Å²) in [4.78, 5) is 35.1. The highest BCUT2D eigenvalue weighted by atomic mass is 35.5. The lowest BCUT2D eigenvalue weighted by atomic mass is 9.84. The average molecular weight is 550 g/mol. The molecule has 38 heavy (non-hydrogen) atoms. The summed E-state index contributed by atoms with van der Waals surface area (Å²) in [6.07, 6.45) is 5.15. The fourth-order valence-electron chi connectivity index (χ4n) is 6.09. The molecule has 196 valence electrons. The smallest absolute Gasteiger partial charge is 0.300 e. The monoisotopic (exact) mass is 549 g/mol. The Morgan fingerprint density at radius 1 is 1.18 bits per heavy atom. The average Bonchev–Trinajstić information content (AvgIpc) is 3.56. The zero-order chi connectivity index (χ0) is 26.4. The number of benzene rings is 2. The molecular weight excluding hydrogens is 522 g/mol. The van der Waals surface area contributed by atoms with Crippen LogP contribution in [-0.2, 0) is 4.79 Å². The van der Waals surface area contributed by atoms with Crippen LogP contribution in [0.1, 0.15) is 32.6 Å². The van der Waals surface area contributed by atoms with Crippen LogP contribution in [0.2, 0.25) is 5.02 Å². The van der Waals surface area contributed by atoms with E-state index in [0.717, 1.165) is 11.8 Å². The summed E-state index contributed by atoms with van der Waals surface area (Å²) < 4.78 is 6.77. The Morgan fingerprint density at radius 3 is 2.71 bits per heavy atom. The minimum absolute atomic E-state index is 0.0409. The summed E-state index contributed by atoms with van der Waals surface area (Å²) in [5, 5.41) is 9.45. The van der Waals surface area contributed by atoms with E-state index in [2.05, 4.69) is 22.3 Å². The van der Waals surface area contributed by atoms with Gasteiger partial charge in [-0.2, -0.15) is 14.6 Å². The van der Waals surface area contributed by atoms with Crippen LogP contribution in [-0.4, -0.2) is 44.4 Å². The molecule has 0 spiro atoms. The van der Waals surface area contributed by atoms with E-state index < -0.39 is 5.56 Å². The second kappa shape index (κ2) is 10.2. The van der Waals surface area contributed by atoms with Crippen LogP contribution in [0.15, 0.2) is 52.4 Å². The van der Waals surface area contributed by atoms with E-state index >= 15 is 0 Å². The number of hydrogen-bond donors (Lipinski definition) is 1. The van der Waals surface area contributed by atoms with Crippen molar-refractivity contribution in [2.75, 3.05) is 12.9 Å². The molecule has 0 saturated heterocycles. The molecule has 2 aliphatic carbocycles. The number of thioether (sulfide) groups is 1. The normalized spacial score (nSPS) is 21.2. The maximum Gasteiger partial charge on any atom is 0.300 e. The molecule has 2 aromatic heterocycles. The molecule has 4 atom stereocenters. The van der Waals surface area contributed by atoms with Gasteiger partial charge in [0, 0.05) is 22.0 Å². The number of carbonyl (C=O) groups is 1. The Bertz CT molecular complexity index is 1590. The number of carbonyl (C=O) groups excluding carboxylic acids is 1. The van der Waals surface area contributed by atoms with Gasteiger partial charge in [0.15, 0.2) is 16.5 Å². The van der Waals surface area contributed by atoms with Crippen molar-refractivity contribution in [1.82, 2.24) is 24.9 Å². The Hall–Kier alpha value is -3.17. The van der Waals surface area contributed by atoms with Crippen molar-refractivity contribution in [1.29, 1.82) is 0 Å². The number of nitrogens with zero attached hydrogens (tertiary/aromatic N) is 4. The van der Waals surface area contributed by atoms with E-state index in [1.165, 1.54) is 42.0 Å². The number of fused-ring (bicyclic) bond motifs is 5. The summed E-state index contributed by atoms with van der Waals surface area (Å²) in [5.41, 5.74) is 1.30. The van der Waals surface area contributed by atoms with Crippen molar-refractivity contribution in [3.63, 3.8) is 0 Å². The van der Waals surface area contributed by atoms with Gasteiger partial charge in [0.25, 0.3) is 5.56 Å². The van der Waals surface area contributed by atoms with Crippen LogP contribution >= 0.6 is 23.4 Å². The number of aromatic nitrogens is 4. The molecule has 0 aliphatic heterocycles. The summed E-state index contributed by atoms with van der Waals surface area (Å²) in [6, 6.07) is 12.4. The highest BCUT2D eigenvalue weighted by Crippen LogP contribution is 2.49. The minimum Gasteiger partial charge on any atom is -0.497 e. The second-order valence-electron chi connectivity index (χ2n) is 10.3. The van der Waals surface area contributed by atoms with E-state index in [9.17, 15) is 9.59 Å². The Morgan fingerprint density at radius 2 is 2.00 bits per heavy atom. The van der Waals surface area contributed by atoms with Crippen molar-refractivity contribution >= 4 is 45.8 Å². The van der Waals surface area contributed by atoms with E-state index in [1.807, 2.05) is 0 Å². The maximum atomic E-state index is 13.1. The number of amides is 1. The minimum atomic E-state index is -0.462. The third-order valence-electron chi connectivity index (χ3n) is 7.93. The zero-order valence-electron chi connectivity index (χ0n) is 21.2. The van der Waals surface area contributed by atoms with Gasteiger partial charge in [-0.05, 0) is 86.4 Å². The summed E-state index contributed by atoms with van der Waals surface area (Å²) in [5.74, 6) is 2.95. The summed E-state index contributed by atoms with van der Waals surface area (Å²) in [7, 11) is 1.58. The molecule has 2 saturated carbocycles. The van der Waals surface area contributed by atoms with Gasteiger partial charge < -0.3 is 10.1 Å². The van der Waals surface area contributed by atoms with Crippen molar-refractivity contribution in [2.45, 2.75) is 43.8 Å². The number of hydrogen-bond acceptors (Lipinski definition) is 7. The largest absolute Gasteiger partial charge is 0.497 e. The number of nitrogens with one attached hydrogen (secondary N) is 1. The lowest BCUT2D eigenvalue weighted by molar-refractivity contribution is -0.119. The highest BCUT2D eigenvalue weighted by Gasteiger charge is 2.42. The van der Waals surface area contributed by atoms with Gasteiger partial charge in [-0.25, -0.2) is 4.98 Å². The summed E-state index contributed by atoms with van der Waals surface area (Å²) >= 11 is 7.52. The topological polar surface area (TPSA) is 98.5 Å². The van der Waals surface area contributed by atoms with Crippen LogP contribution in [0.5, 0.6) is 5.75 Å². The van der Waals surface area contributed by atoms with E-state index in [4.69, 9.17) is 21.3 Å².